The van der Waals surface area contributed by atoms with Crippen molar-refractivity contribution in [1.82, 2.24) is 19.9 Å². The zero-order valence-corrected chi connectivity index (χ0v) is 14.8. The van der Waals surface area contributed by atoms with Crippen molar-refractivity contribution in [1.29, 1.82) is 0 Å². The maximum atomic E-state index is 5.57. The molecule has 2 aromatic rings. The van der Waals surface area contributed by atoms with Gasteiger partial charge in [-0.25, -0.2) is 0 Å². The molecule has 24 heavy (non-hydrogen) atoms. The SMILES string of the molecule is CCN(C)CCCN1CCCC(c2nc(-c3ccccc3)no2)C1. The van der Waals surface area contributed by atoms with Gasteiger partial charge in [0.25, 0.3) is 0 Å². The van der Waals surface area contributed by atoms with Crippen LogP contribution < -0.4 is 0 Å². The molecule has 1 aromatic heterocycles. The van der Waals surface area contributed by atoms with Gasteiger partial charge in [-0.2, -0.15) is 4.98 Å². The number of aromatic nitrogens is 2. The van der Waals surface area contributed by atoms with Crippen molar-refractivity contribution in [3.8, 4) is 11.4 Å². The van der Waals surface area contributed by atoms with Crippen molar-refractivity contribution < 1.29 is 4.52 Å². The Balaban J connectivity index is 1.56. The summed E-state index contributed by atoms with van der Waals surface area (Å²) in [5.41, 5.74) is 1.02. The second kappa shape index (κ2) is 8.40. The van der Waals surface area contributed by atoms with Crippen molar-refractivity contribution >= 4 is 0 Å². The Hall–Kier alpha value is -1.72. The minimum Gasteiger partial charge on any atom is -0.339 e. The van der Waals surface area contributed by atoms with E-state index in [-0.39, 0.29) is 0 Å². The molecular formula is C19H28N4O. The van der Waals surface area contributed by atoms with E-state index in [4.69, 9.17) is 4.52 Å². The van der Waals surface area contributed by atoms with Gasteiger partial charge in [0, 0.05) is 12.1 Å². The molecule has 0 saturated carbocycles. The molecule has 1 atom stereocenters. The predicted octanol–water partition coefficient (Wildman–Crippen LogP) is 3.26. The van der Waals surface area contributed by atoms with Crippen LogP contribution in [0.25, 0.3) is 11.4 Å². The van der Waals surface area contributed by atoms with Gasteiger partial charge in [-0.3, -0.25) is 0 Å². The Morgan fingerprint density at radius 2 is 2.12 bits per heavy atom. The first-order valence-corrected chi connectivity index (χ1v) is 9.06. The highest BCUT2D eigenvalue weighted by Gasteiger charge is 2.26. The molecule has 1 fully saturated rings. The molecule has 0 spiro atoms. The Morgan fingerprint density at radius 1 is 1.29 bits per heavy atom. The summed E-state index contributed by atoms with van der Waals surface area (Å²) < 4.78 is 5.57. The number of nitrogens with zero attached hydrogens (tertiary/aromatic N) is 4. The molecule has 0 N–H and O–H groups in total. The summed E-state index contributed by atoms with van der Waals surface area (Å²) in [6.07, 6.45) is 3.56. The smallest absolute Gasteiger partial charge is 0.231 e. The van der Waals surface area contributed by atoms with Crippen LogP contribution in [0.5, 0.6) is 0 Å². The third-order valence-electron chi connectivity index (χ3n) is 4.88. The van der Waals surface area contributed by atoms with E-state index < -0.39 is 0 Å². The molecule has 1 aliphatic heterocycles. The third-order valence-corrected chi connectivity index (χ3v) is 4.88. The second-order valence-electron chi connectivity index (χ2n) is 6.71. The molecule has 0 radical (unpaired) electrons. The van der Waals surface area contributed by atoms with Crippen molar-refractivity contribution in [2.75, 3.05) is 39.8 Å². The Bertz CT molecular complexity index is 613. The van der Waals surface area contributed by atoms with Crippen LogP contribution in [0, 0.1) is 0 Å². The molecular weight excluding hydrogens is 300 g/mol. The summed E-state index contributed by atoms with van der Waals surface area (Å²) in [5.74, 6) is 1.86. The van der Waals surface area contributed by atoms with Gasteiger partial charge in [-0.05, 0) is 52.5 Å². The van der Waals surface area contributed by atoms with Gasteiger partial charge < -0.3 is 14.3 Å². The van der Waals surface area contributed by atoms with E-state index >= 15 is 0 Å². The largest absolute Gasteiger partial charge is 0.339 e. The number of hydrogen-bond donors (Lipinski definition) is 0. The van der Waals surface area contributed by atoms with E-state index in [0.29, 0.717) is 11.7 Å². The van der Waals surface area contributed by atoms with Crippen LogP contribution in [0.2, 0.25) is 0 Å². The van der Waals surface area contributed by atoms with Crippen molar-refractivity contribution in [2.24, 2.45) is 0 Å². The van der Waals surface area contributed by atoms with Crippen LogP contribution in [0.1, 0.15) is 38.0 Å². The van der Waals surface area contributed by atoms with Gasteiger partial charge in [0.1, 0.15) is 0 Å². The molecule has 1 aromatic carbocycles. The molecule has 1 saturated heterocycles. The maximum absolute atomic E-state index is 5.57. The summed E-state index contributed by atoms with van der Waals surface area (Å²) >= 11 is 0. The Kier molecular flexibility index (Phi) is 5.99. The van der Waals surface area contributed by atoms with Crippen LogP contribution in [0.15, 0.2) is 34.9 Å². The van der Waals surface area contributed by atoms with E-state index in [1.807, 2.05) is 30.3 Å². The topological polar surface area (TPSA) is 45.4 Å². The quantitative estimate of drug-likeness (QED) is 0.780. The minimum absolute atomic E-state index is 0.368. The van der Waals surface area contributed by atoms with Gasteiger partial charge in [0.15, 0.2) is 0 Å². The first-order valence-electron chi connectivity index (χ1n) is 9.06. The molecule has 1 aliphatic rings. The Labute approximate surface area is 144 Å². The average molecular weight is 328 g/mol. The van der Waals surface area contributed by atoms with Crippen molar-refractivity contribution in [2.45, 2.75) is 32.1 Å². The molecule has 0 bridgehead atoms. The lowest BCUT2D eigenvalue weighted by Crippen LogP contribution is -2.36. The number of likely N-dealkylation sites (tertiary alicyclic amines) is 1. The van der Waals surface area contributed by atoms with E-state index in [0.717, 1.165) is 44.1 Å². The monoisotopic (exact) mass is 328 g/mol. The van der Waals surface area contributed by atoms with Crippen LogP contribution in [0.3, 0.4) is 0 Å². The fourth-order valence-electron chi connectivity index (χ4n) is 3.29. The minimum atomic E-state index is 0.368. The van der Waals surface area contributed by atoms with Gasteiger partial charge in [-0.1, -0.05) is 42.4 Å². The lowest BCUT2D eigenvalue weighted by atomic mass is 9.98. The second-order valence-corrected chi connectivity index (χ2v) is 6.71. The van der Waals surface area contributed by atoms with E-state index in [1.165, 1.54) is 19.4 Å². The van der Waals surface area contributed by atoms with Crippen LogP contribution in [-0.4, -0.2) is 59.7 Å². The molecule has 3 rings (SSSR count). The van der Waals surface area contributed by atoms with E-state index in [9.17, 15) is 0 Å². The van der Waals surface area contributed by atoms with Crippen LogP contribution >= 0.6 is 0 Å². The highest BCUT2D eigenvalue weighted by Crippen LogP contribution is 2.27. The lowest BCUT2D eigenvalue weighted by molar-refractivity contribution is 0.178. The first kappa shape index (κ1) is 17.1. The molecule has 130 valence electrons. The zero-order chi connectivity index (χ0) is 16.8. The molecule has 5 nitrogen and oxygen atoms in total. The number of rotatable bonds is 7. The third kappa shape index (κ3) is 4.42. The normalized spacial score (nSPS) is 19.0. The van der Waals surface area contributed by atoms with Crippen molar-refractivity contribution in [3.05, 3.63) is 36.2 Å². The van der Waals surface area contributed by atoms with Gasteiger partial charge in [-0.15, -0.1) is 0 Å². The summed E-state index contributed by atoms with van der Waals surface area (Å²) in [7, 11) is 2.18. The summed E-state index contributed by atoms with van der Waals surface area (Å²) in [4.78, 5) is 9.56. The lowest BCUT2D eigenvalue weighted by Gasteiger charge is -2.31. The standard InChI is InChI=1S/C19H28N4O/c1-3-22(2)12-8-14-23-13-7-11-17(15-23)19-20-18(21-24-19)16-9-5-4-6-10-16/h4-6,9-10,17H,3,7-8,11-15H2,1-2H3. The molecule has 1 unspecified atom stereocenters. The fraction of sp³-hybridized carbons (Fsp3) is 0.579. The van der Waals surface area contributed by atoms with Gasteiger partial charge in [0.2, 0.25) is 11.7 Å². The number of hydrogen-bond acceptors (Lipinski definition) is 5. The van der Waals surface area contributed by atoms with E-state index in [2.05, 4.69) is 33.9 Å². The highest BCUT2D eigenvalue weighted by atomic mass is 16.5. The van der Waals surface area contributed by atoms with E-state index in [1.54, 1.807) is 0 Å². The summed E-state index contributed by atoms with van der Waals surface area (Å²) in [6, 6.07) is 10.0. The number of benzene rings is 1. The molecule has 5 heteroatoms. The molecule has 0 aliphatic carbocycles. The first-order chi connectivity index (χ1) is 11.8. The number of piperidine rings is 1. The predicted molar refractivity (Wildman–Crippen MR) is 95.9 cm³/mol. The fourth-order valence-corrected chi connectivity index (χ4v) is 3.29. The molecule has 0 amide bonds. The molecule has 2 heterocycles. The Morgan fingerprint density at radius 3 is 2.92 bits per heavy atom. The summed E-state index contributed by atoms with van der Waals surface area (Å²) in [6.45, 7) is 7.86. The van der Waals surface area contributed by atoms with Crippen LogP contribution in [0.4, 0.5) is 0 Å². The zero-order valence-electron chi connectivity index (χ0n) is 14.8. The van der Waals surface area contributed by atoms with Gasteiger partial charge >= 0.3 is 0 Å². The van der Waals surface area contributed by atoms with Crippen LogP contribution in [-0.2, 0) is 0 Å². The average Bonchev–Trinajstić information content (AvgIpc) is 3.13. The summed E-state index contributed by atoms with van der Waals surface area (Å²) in [5, 5.41) is 4.17. The highest BCUT2D eigenvalue weighted by molar-refractivity contribution is 5.53. The van der Waals surface area contributed by atoms with Crippen molar-refractivity contribution in [3.63, 3.8) is 0 Å². The maximum Gasteiger partial charge on any atom is 0.231 e. The van der Waals surface area contributed by atoms with Gasteiger partial charge in [0.05, 0.1) is 5.92 Å².